The van der Waals surface area contributed by atoms with E-state index in [9.17, 15) is 0 Å². The van der Waals surface area contributed by atoms with Crippen molar-refractivity contribution in [2.45, 2.75) is 52.7 Å². The van der Waals surface area contributed by atoms with Crippen LogP contribution in [0.3, 0.4) is 0 Å². The highest BCUT2D eigenvalue weighted by Crippen LogP contribution is 2.24. The van der Waals surface area contributed by atoms with E-state index >= 15 is 0 Å². The van der Waals surface area contributed by atoms with Crippen LogP contribution in [0.15, 0.2) is 18.5 Å². The zero-order valence-corrected chi connectivity index (χ0v) is 11.0. The fraction of sp³-hybridized carbons (Fsp3) is 0.615. The van der Waals surface area contributed by atoms with E-state index < -0.39 is 0 Å². The molecule has 3 heteroatoms. The average molecular weight is 223 g/mol. The van der Waals surface area contributed by atoms with Crippen LogP contribution in [-0.2, 0) is 0 Å². The van der Waals surface area contributed by atoms with E-state index in [4.69, 9.17) is 9.47 Å². The lowest BCUT2D eigenvalue weighted by molar-refractivity contribution is 0.120. The summed E-state index contributed by atoms with van der Waals surface area (Å²) >= 11 is 0. The molecular formula is C13H21NO2. The maximum atomic E-state index is 5.71. The van der Waals surface area contributed by atoms with Gasteiger partial charge in [-0.15, -0.1) is 0 Å². The summed E-state index contributed by atoms with van der Waals surface area (Å²) in [4.78, 5) is 4.10. The predicted molar refractivity (Wildman–Crippen MR) is 65.0 cm³/mol. The molecule has 16 heavy (non-hydrogen) atoms. The molecule has 0 saturated heterocycles. The van der Waals surface area contributed by atoms with Gasteiger partial charge in [-0.05, 0) is 41.5 Å². The molecule has 0 N–H and O–H groups in total. The maximum absolute atomic E-state index is 5.71. The third-order valence-electron chi connectivity index (χ3n) is 1.54. The summed E-state index contributed by atoms with van der Waals surface area (Å²) in [6, 6.07) is 1.86. The molecule has 0 saturated carbocycles. The van der Waals surface area contributed by atoms with Gasteiger partial charge < -0.3 is 9.47 Å². The minimum Gasteiger partial charge on any atom is -0.486 e. The van der Waals surface area contributed by atoms with E-state index in [1.165, 1.54) is 0 Å². The van der Waals surface area contributed by atoms with E-state index in [2.05, 4.69) is 4.98 Å². The molecule has 0 aliphatic rings. The smallest absolute Gasteiger partial charge is 0.142 e. The summed E-state index contributed by atoms with van der Waals surface area (Å²) in [5.74, 6) is 1.46. The van der Waals surface area contributed by atoms with E-state index in [1.54, 1.807) is 12.4 Å². The first-order valence-electron chi connectivity index (χ1n) is 5.49. The summed E-state index contributed by atoms with van der Waals surface area (Å²) in [7, 11) is 0. The third-order valence-corrected chi connectivity index (χ3v) is 1.54. The number of ether oxygens (including phenoxy) is 2. The first-order valence-corrected chi connectivity index (χ1v) is 5.49. The van der Waals surface area contributed by atoms with Crippen LogP contribution in [0.5, 0.6) is 11.5 Å². The molecular weight excluding hydrogens is 202 g/mol. The molecule has 3 nitrogen and oxygen atoms in total. The first kappa shape index (κ1) is 12.8. The molecule has 1 rings (SSSR count). The lowest BCUT2D eigenvalue weighted by Gasteiger charge is -2.23. The summed E-state index contributed by atoms with van der Waals surface area (Å²) < 4.78 is 11.4. The SMILES string of the molecule is CC(C)(C)Oc1cncc(OC(C)(C)C)c1. The van der Waals surface area contributed by atoms with E-state index in [-0.39, 0.29) is 11.2 Å². The number of aromatic nitrogens is 1. The van der Waals surface area contributed by atoms with E-state index in [0.29, 0.717) is 0 Å². The van der Waals surface area contributed by atoms with E-state index in [1.807, 2.05) is 47.6 Å². The quantitative estimate of drug-likeness (QED) is 0.769. The molecule has 1 aromatic heterocycles. The largest absolute Gasteiger partial charge is 0.486 e. The monoisotopic (exact) mass is 223 g/mol. The fourth-order valence-corrected chi connectivity index (χ4v) is 1.22. The highest BCUT2D eigenvalue weighted by atomic mass is 16.5. The van der Waals surface area contributed by atoms with Crippen molar-refractivity contribution in [2.75, 3.05) is 0 Å². The molecule has 0 spiro atoms. The number of rotatable bonds is 2. The van der Waals surface area contributed by atoms with Crippen LogP contribution in [-0.4, -0.2) is 16.2 Å². The van der Waals surface area contributed by atoms with Gasteiger partial charge in [0.1, 0.15) is 22.7 Å². The Balaban J connectivity index is 2.79. The van der Waals surface area contributed by atoms with Crippen LogP contribution in [0.25, 0.3) is 0 Å². The molecule has 90 valence electrons. The van der Waals surface area contributed by atoms with Crippen LogP contribution >= 0.6 is 0 Å². The zero-order valence-electron chi connectivity index (χ0n) is 11.0. The van der Waals surface area contributed by atoms with Crippen LogP contribution in [0.4, 0.5) is 0 Å². The number of nitrogens with zero attached hydrogens (tertiary/aromatic N) is 1. The van der Waals surface area contributed by atoms with Crippen molar-refractivity contribution in [1.29, 1.82) is 0 Å². The Morgan fingerprint density at radius 2 is 1.19 bits per heavy atom. The average Bonchev–Trinajstić information content (AvgIpc) is 1.96. The number of pyridine rings is 1. The Morgan fingerprint density at radius 1 is 0.812 bits per heavy atom. The van der Waals surface area contributed by atoms with Crippen molar-refractivity contribution in [3.05, 3.63) is 18.5 Å². The van der Waals surface area contributed by atoms with Crippen LogP contribution in [0.1, 0.15) is 41.5 Å². The molecule has 0 aromatic carbocycles. The van der Waals surface area contributed by atoms with Gasteiger partial charge in [-0.3, -0.25) is 4.98 Å². The van der Waals surface area contributed by atoms with Gasteiger partial charge in [0, 0.05) is 6.07 Å². The minimum atomic E-state index is -0.220. The van der Waals surface area contributed by atoms with Crippen molar-refractivity contribution in [2.24, 2.45) is 0 Å². The Bertz CT molecular complexity index is 316. The first-order chi connectivity index (χ1) is 7.16. The van der Waals surface area contributed by atoms with Gasteiger partial charge in [-0.1, -0.05) is 0 Å². The van der Waals surface area contributed by atoms with Gasteiger partial charge in [-0.25, -0.2) is 0 Å². The highest BCUT2D eigenvalue weighted by Gasteiger charge is 2.15. The molecule has 1 heterocycles. The minimum absolute atomic E-state index is 0.220. The van der Waals surface area contributed by atoms with Gasteiger partial charge in [0.05, 0.1) is 12.4 Å². The zero-order chi connectivity index (χ0) is 12.4. The predicted octanol–water partition coefficient (Wildman–Crippen LogP) is 3.44. The third kappa shape index (κ3) is 5.01. The maximum Gasteiger partial charge on any atom is 0.142 e. The Labute approximate surface area is 97.8 Å². The van der Waals surface area contributed by atoms with E-state index in [0.717, 1.165) is 11.5 Å². The summed E-state index contributed by atoms with van der Waals surface area (Å²) in [5, 5.41) is 0. The molecule has 0 aliphatic heterocycles. The topological polar surface area (TPSA) is 31.4 Å². The van der Waals surface area contributed by atoms with Crippen molar-refractivity contribution in [1.82, 2.24) is 4.98 Å². The summed E-state index contributed by atoms with van der Waals surface area (Å²) in [5.41, 5.74) is -0.440. The van der Waals surface area contributed by atoms with Crippen molar-refractivity contribution >= 4 is 0 Å². The molecule has 0 radical (unpaired) electrons. The molecule has 0 fully saturated rings. The molecule has 0 aliphatic carbocycles. The Hall–Kier alpha value is -1.25. The molecule has 0 unspecified atom stereocenters. The molecule has 0 atom stereocenters. The molecule has 1 aromatic rings. The van der Waals surface area contributed by atoms with Gasteiger partial charge in [-0.2, -0.15) is 0 Å². The van der Waals surface area contributed by atoms with Gasteiger partial charge in [0.25, 0.3) is 0 Å². The van der Waals surface area contributed by atoms with Crippen LogP contribution in [0, 0.1) is 0 Å². The molecule has 0 amide bonds. The second-order valence-electron chi connectivity index (χ2n) is 5.79. The normalized spacial score (nSPS) is 12.4. The lowest BCUT2D eigenvalue weighted by Crippen LogP contribution is -2.24. The molecule has 0 bridgehead atoms. The second kappa shape index (κ2) is 4.32. The number of hydrogen-bond acceptors (Lipinski definition) is 3. The Morgan fingerprint density at radius 3 is 1.50 bits per heavy atom. The van der Waals surface area contributed by atoms with Crippen LogP contribution in [0.2, 0.25) is 0 Å². The summed E-state index contributed by atoms with van der Waals surface area (Å²) in [6.07, 6.45) is 3.39. The van der Waals surface area contributed by atoms with Crippen molar-refractivity contribution in [3.63, 3.8) is 0 Å². The number of hydrogen-bond donors (Lipinski definition) is 0. The summed E-state index contributed by atoms with van der Waals surface area (Å²) in [6.45, 7) is 12.0. The Kier molecular flexibility index (Phi) is 3.46. The van der Waals surface area contributed by atoms with Crippen molar-refractivity contribution in [3.8, 4) is 11.5 Å². The van der Waals surface area contributed by atoms with Gasteiger partial charge in [0.15, 0.2) is 0 Å². The second-order valence-corrected chi connectivity index (χ2v) is 5.79. The van der Waals surface area contributed by atoms with Crippen LogP contribution < -0.4 is 9.47 Å². The standard InChI is InChI=1S/C13H21NO2/c1-12(2,3)15-10-7-11(9-14-8-10)16-13(4,5)6/h7-9H,1-6H3. The van der Waals surface area contributed by atoms with Gasteiger partial charge >= 0.3 is 0 Å². The highest BCUT2D eigenvalue weighted by molar-refractivity contribution is 5.29. The fourth-order valence-electron chi connectivity index (χ4n) is 1.22. The van der Waals surface area contributed by atoms with Gasteiger partial charge in [0.2, 0.25) is 0 Å². The van der Waals surface area contributed by atoms with Crippen molar-refractivity contribution < 1.29 is 9.47 Å². The lowest BCUT2D eigenvalue weighted by atomic mass is 10.2.